The number of likely N-dealkylation sites (N-methyl/N-ethyl adjacent to an activating group) is 1. The summed E-state index contributed by atoms with van der Waals surface area (Å²) in [6.45, 7) is 3.34. The fraction of sp³-hybridized carbons (Fsp3) is 0.500. The predicted molar refractivity (Wildman–Crippen MR) is 62.6 cm³/mol. The van der Waals surface area contributed by atoms with Gasteiger partial charge in [0.15, 0.2) is 0 Å². The maximum absolute atomic E-state index is 12.9. The summed E-state index contributed by atoms with van der Waals surface area (Å²) in [5.74, 6) is -0.190. The normalized spacial score (nSPS) is 11.0. The first-order valence-electron chi connectivity index (χ1n) is 5.43. The summed E-state index contributed by atoms with van der Waals surface area (Å²) in [6, 6.07) is 6.65. The van der Waals surface area contributed by atoms with Crippen LogP contribution in [0, 0.1) is 5.82 Å². The van der Waals surface area contributed by atoms with Gasteiger partial charge in [0.1, 0.15) is 5.82 Å². The smallest absolute Gasteiger partial charge is 0.123 e. The van der Waals surface area contributed by atoms with Crippen molar-refractivity contribution in [1.82, 2.24) is 4.90 Å². The van der Waals surface area contributed by atoms with Crippen LogP contribution in [0.15, 0.2) is 24.3 Å². The molecule has 0 radical (unpaired) electrons. The molecule has 1 aromatic rings. The zero-order chi connectivity index (χ0) is 11.8. The van der Waals surface area contributed by atoms with E-state index in [9.17, 15) is 4.39 Å². The zero-order valence-corrected chi connectivity index (χ0v) is 9.66. The van der Waals surface area contributed by atoms with Gasteiger partial charge in [0.25, 0.3) is 0 Å². The van der Waals surface area contributed by atoms with E-state index in [1.54, 1.807) is 12.1 Å². The minimum absolute atomic E-state index is 0.190. The summed E-state index contributed by atoms with van der Waals surface area (Å²) in [5, 5.41) is 0. The van der Waals surface area contributed by atoms with Crippen molar-refractivity contribution in [3.8, 4) is 0 Å². The van der Waals surface area contributed by atoms with E-state index in [0.29, 0.717) is 19.8 Å². The summed E-state index contributed by atoms with van der Waals surface area (Å²) in [4.78, 5) is 2.09. The minimum atomic E-state index is -0.190. The van der Waals surface area contributed by atoms with Crippen LogP contribution in [-0.4, -0.2) is 38.3 Å². The van der Waals surface area contributed by atoms with Crippen molar-refractivity contribution in [2.24, 2.45) is 5.73 Å². The molecule has 4 heteroatoms. The molecule has 0 saturated carbocycles. The molecule has 1 rings (SSSR count). The van der Waals surface area contributed by atoms with Gasteiger partial charge in [-0.1, -0.05) is 12.1 Å². The lowest BCUT2D eigenvalue weighted by molar-refractivity contribution is 0.115. The lowest BCUT2D eigenvalue weighted by atomic mass is 10.2. The van der Waals surface area contributed by atoms with E-state index in [4.69, 9.17) is 10.5 Å². The van der Waals surface area contributed by atoms with Crippen LogP contribution >= 0.6 is 0 Å². The lowest BCUT2D eigenvalue weighted by Gasteiger charge is -2.16. The average Bonchev–Trinajstić information content (AvgIpc) is 2.24. The van der Waals surface area contributed by atoms with E-state index in [1.807, 2.05) is 13.1 Å². The summed E-state index contributed by atoms with van der Waals surface area (Å²) in [6.07, 6.45) is 0. The first-order chi connectivity index (χ1) is 7.72. The number of nitrogens with two attached hydrogens (primary N) is 1. The van der Waals surface area contributed by atoms with Crippen LogP contribution in [0.5, 0.6) is 0 Å². The maximum atomic E-state index is 12.9. The van der Waals surface area contributed by atoms with E-state index in [0.717, 1.165) is 18.7 Å². The van der Waals surface area contributed by atoms with Gasteiger partial charge in [-0.25, -0.2) is 4.39 Å². The van der Waals surface area contributed by atoms with E-state index < -0.39 is 0 Å². The predicted octanol–water partition coefficient (Wildman–Crippen LogP) is 1.23. The molecule has 0 fully saturated rings. The highest BCUT2D eigenvalue weighted by molar-refractivity contribution is 5.15. The number of hydrogen-bond acceptors (Lipinski definition) is 3. The molecule has 0 saturated heterocycles. The molecule has 2 N–H and O–H groups in total. The first-order valence-corrected chi connectivity index (χ1v) is 5.43. The third-order valence-corrected chi connectivity index (χ3v) is 2.22. The van der Waals surface area contributed by atoms with Crippen LogP contribution in [0.3, 0.4) is 0 Å². The molecule has 1 aromatic carbocycles. The number of rotatable bonds is 7. The molecule has 0 aromatic heterocycles. The highest BCUT2D eigenvalue weighted by atomic mass is 19.1. The fourth-order valence-electron chi connectivity index (χ4n) is 1.43. The Labute approximate surface area is 96.0 Å². The van der Waals surface area contributed by atoms with Crippen LogP contribution in [0.1, 0.15) is 5.56 Å². The maximum Gasteiger partial charge on any atom is 0.123 e. The molecule has 0 aliphatic carbocycles. The monoisotopic (exact) mass is 226 g/mol. The Balaban J connectivity index is 2.25. The third-order valence-electron chi connectivity index (χ3n) is 2.22. The molecular weight excluding hydrogens is 207 g/mol. The zero-order valence-electron chi connectivity index (χ0n) is 9.66. The molecule has 3 nitrogen and oxygen atoms in total. The minimum Gasteiger partial charge on any atom is -0.379 e. The Morgan fingerprint density at radius 2 is 2.19 bits per heavy atom. The number of nitrogens with zero attached hydrogens (tertiary/aromatic N) is 1. The van der Waals surface area contributed by atoms with Crippen LogP contribution in [-0.2, 0) is 11.3 Å². The van der Waals surface area contributed by atoms with Gasteiger partial charge in [0, 0.05) is 19.6 Å². The van der Waals surface area contributed by atoms with Crippen LogP contribution < -0.4 is 5.73 Å². The fourth-order valence-corrected chi connectivity index (χ4v) is 1.43. The van der Waals surface area contributed by atoms with E-state index in [-0.39, 0.29) is 5.82 Å². The Hall–Kier alpha value is -0.970. The largest absolute Gasteiger partial charge is 0.379 e. The van der Waals surface area contributed by atoms with Crippen molar-refractivity contribution in [1.29, 1.82) is 0 Å². The molecule has 0 spiro atoms. The molecular formula is C12H19FN2O. The van der Waals surface area contributed by atoms with Crippen molar-refractivity contribution in [2.45, 2.75) is 6.54 Å². The standard InChI is InChI=1S/C12H19FN2O/c1-15(6-8-16-7-5-14)10-11-3-2-4-12(13)9-11/h2-4,9H,5-8,10,14H2,1H3. The van der Waals surface area contributed by atoms with Crippen molar-refractivity contribution in [3.63, 3.8) is 0 Å². The molecule has 0 bridgehead atoms. The first kappa shape index (κ1) is 13.1. The highest BCUT2D eigenvalue weighted by Crippen LogP contribution is 2.05. The van der Waals surface area contributed by atoms with Gasteiger partial charge in [-0.05, 0) is 24.7 Å². The highest BCUT2D eigenvalue weighted by Gasteiger charge is 2.01. The van der Waals surface area contributed by atoms with Gasteiger partial charge >= 0.3 is 0 Å². The second-order valence-electron chi connectivity index (χ2n) is 3.77. The second-order valence-corrected chi connectivity index (χ2v) is 3.77. The molecule has 16 heavy (non-hydrogen) atoms. The molecule has 0 aliphatic heterocycles. The number of benzene rings is 1. The summed E-state index contributed by atoms with van der Waals surface area (Å²) >= 11 is 0. The molecule has 90 valence electrons. The summed E-state index contributed by atoms with van der Waals surface area (Å²) in [5.41, 5.74) is 6.28. The molecule has 0 heterocycles. The lowest BCUT2D eigenvalue weighted by Crippen LogP contribution is -2.23. The van der Waals surface area contributed by atoms with Crippen LogP contribution in [0.4, 0.5) is 4.39 Å². The Morgan fingerprint density at radius 3 is 2.88 bits per heavy atom. The Kier molecular flexibility index (Phi) is 6.00. The summed E-state index contributed by atoms with van der Waals surface area (Å²) in [7, 11) is 1.98. The van der Waals surface area contributed by atoms with Gasteiger partial charge < -0.3 is 10.5 Å². The third kappa shape index (κ3) is 5.21. The van der Waals surface area contributed by atoms with E-state index in [1.165, 1.54) is 6.07 Å². The molecule has 0 amide bonds. The summed E-state index contributed by atoms with van der Waals surface area (Å²) < 4.78 is 18.2. The second kappa shape index (κ2) is 7.33. The number of hydrogen-bond donors (Lipinski definition) is 1. The van der Waals surface area contributed by atoms with Gasteiger partial charge in [-0.2, -0.15) is 0 Å². The van der Waals surface area contributed by atoms with Crippen molar-refractivity contribution < 1.29 is 9.13 Å². The van der Waals surface area contributed by atoms with Crippen molar-refractivity contribution >= 4 is 0 Å². The van der Waals surface area contributed by atoms with Gasteiger partial charge in [-0.15, -0.1) is 0 Å². The number of halogens is 1. The van der Waals surface area contributed by atoms with Gasteiger partial charge in [0.2, 0.25) is 0 Å². The van der Waals surface area contributed by atoms with Gasteiger partial charge in [-0.3, -0.25) is 4.90 Å². The Morgan fingerprint density at radius 1 is 1.38 bits per heavy atom. The molecule has 0 atom stereocenters. The average molecular weight is 226 g/mol. The van der Waals surface area contributed by atoms with Crippen molar-refractivity contribution in [3.05, 3.63) is 35.6 Å². The van der Waals surface area contributed by atoms with Crippen molar-refractivity contribution in [2.75, 3.05) is 33.4 Å². The topological polar surface area (TPSA) is 38.5 Å². The SMILES string of the molecule is CN(CCOCCN)Cc1cccc(F)c1. The van der Waals surface area contributed by atoms with Crippen LogP contribution in [0.25, 0.3) is 0 Å². The quantitative estimate of drug-likeness (QED) is 0.711. The molecule has 0 unspecified atom stereocenters. The molecule has 0 aliphatic rings. The van der Waals surface area contributed by atoms with E-state index >= 15 is 0 Å². The van der Waals surface area contributed by atoms with Gasteiger partial charge in [0.05, 0.1) is 13.2 Å². The Bertz CT molecular complexity index is 307. The van der Waals surface area contributed by atoms with E-state index in [2.05, 4.69) is 4.90 Å². The number of ether oxygens (including phenoxy) is 1. The van der Waals surface area contributed by atoms with Crippen LogP contribution in [0.2, 0.25) is 0 Å².